The van der Waals surface area contributed by atoms with Crippen LogP contribution in [0.4, 0.5) is 0 Å². The molecule has 0 amide bonds. The second-order valence-corrected chi connectivity index (χ2v) is 3.71. The number of benzene rings is 1. The smallest absolute Gasteiger partial charge is 0.347 e. The number of methoxy groups -OCH3 is 2. The first-order valence-corrected chi connectivity index (χ1v) is 5.63. The summed E-state index contributed by atoms with van der Waals surface area (Å²) < 4.78 is 15.1. The van der Waals surface area contributed by atoms with Gasteiger partial charge < -0.3 is 14.2 Å². The summed E-state index contributed by atoms with van der Waals surface area (Å²) in [7, 11) is 2.70. The van der Waals surface area contributed by atoms with Gasteiger partial charge in [0, 0.05) is 6.07 Å². The summed E-state index contributed by atoms with van der Waals surface area (Å²) in [4.78, 5) is 23.2. The van der Waals surface area contributed by atoms with Gasteiger partial charge in [0.15, 0.2) is 11.3 Å². The van der Waals surface area contributed by atoms with E-state index in [0.717, 1.165) is 0 Å². The number of carbonyl (C=O) groups excluding carboxylic acids is 1. The predicted molar refractivity (Wildman–Crippen MR) is 69.3 cm³/mol. The van der Waals surface area contributed by atoms with Crippen molar-refractivity contribution in [3.05, 3.63) is 46.4 Å². The van der Waals surface area contributed by atoms with Crippen molar-refractivity contribution < 1.29 is 19.0 Å². The average molecular weight is 276 g/mol. The third kappa shape index (κ3) is 2.77. The topological polar surface area (TPSA) is 90.5 Å². The lowest BCUT2D eigenvalue weighted by atomic mass is 10.2. The summed E-state index contributed by atoms with van der Waals surface area (Å²) in [6.45, 7) is 0. The van der Waals surface area contributed by atoms with Crippen molar-refractivity contribution in [3.63, 3.8) is 0 Å². The largest absolute Gasteiger partial charge is 0.497 e. The van der Waals surface area contributed by atoms with Gasteiger partial charge in [-0.3, -0.25) is 4.79 Å². The van der Waals surface area contributed by atoms with Crippen LogP contribution in [-0.4, -0.2) is 30.4 Å². The summed E-state index contributed by atoms with van der Waals surface area (Å²) >= 11 is 0. The Hall–Kier alpha value is -2.83. The first kappa shape index (κ1) is 13.6. The molecule has 1 aromatic carbocycles. The van der Waals surface area contributed by atoms with Crippen LogP contribution in [0.25, 0.3) is 0 Å². The highest BCUT2D eigenvalue weighted by Gasteiger charge is 2.19. The van der Waals surface area contributed by atoms with E-state index in [-0.39, 0.29) is 11.3 Å². The fraction of sp³-hybridized carbons (Fsp3) is 0.154. The molecule has 0 radical (unpaired) electrons. The van der Waals surface area contributed by atoms with Crippen molar-refractivity contribution in [2.75, 3.05) is 14.2 Å². The summed E-state index contributed by atoms with van der Waals surface area (Å²) in [5, 5.41) is 5.75. The molecule has 20 heavy (non-hydrogen) atoms. The minimum atomic E-state index is -0.799. The van der Waals surface area contributed by atoms with Crippen molar-refractivity contribution in [2.24, 2.45) is 0 Å². The molecular weight excluding hydrogens is 264 g/mol. The number of carbonyl (C=O) groups is 1. The van der Waals surface area contributed by atoms with Crippen LogP contribution < -0.4 is 15.0 Å². The number of aromatic amines is 1. The highest BCUT2D eigenvalue weighted by molar-refractivity contribution is 5.91. The van der Waals surface area contributed by atoms with Crippen molar-refractivity contribution in [2.45, 2.75) is 0 Å². The Kier molecular flexibility index (Phi) is 3.99. The minimum Gasteiger partial charge on any atom is -0.497 e. The van der Waals surface area contributed by atoms with Gasteiger partial charge in [0.25, 0.3) is 5.56 Å². The molecule has 0 saturated carbocycles. The minimum absolute atomic E-state index is 0.00820. The van der Waals surface area contributed by atoms with E-state index in [4.69, 9.17) is 9.47 Å². The van der Waals surface area contributed by atoms with Crippen LogP contribution in [0.1, 0.15) is 10.4 Å². The molecule has 1 N–H and O–H groups in total. The van der Waals surface area contributed by atoms with Crippen molar-refractivity contribution in [1.29, 1.82) is 0 Å². The maximum atomic E-state index is 11.6. The van der Waals surface area contributed by atoms with Gasteiger partial charge >= 0.3 is 5.97 Å². The monoisotopic (exact) mass is 276 g/mol. The van der Waals surface area contributed by atoms with E-state index in [2.05, 4.69) is 14.9 Å². The highest BCUT2D eigenvalue weighted by atomic mass is 16.5. The fourth-order valence-electron chi connectivity index (χ4n) is 1.55. The molecule has 0 saturated heterocycles. The molecule has 0 aliphatic heterocycles. The number of H-pyrrole nitrogens is 1. The molecule has 0 bridgehead atoms. The van der Waals surface area contributed by atoms with Gasteiger partial charge in [0.1, 0.15) is 11.5 Å². The van der Waals surface area contributed by atoms with Crippen molar-refractivity contribution in [1.82, 2.24) is 10.2 Å². The van der Waals surface area contributed by atoms with Gasteiger partial charge in [-0.25, -0.2) is 9.89 Å². The summed E-state index contributed by atoms with van der Waals surface area (Å²) in [5.41, 5.74) is -0.928. The number of rotatable bonds is 4. The zero-order valence-corrected chi connectivity index (χ0v) is 10.9. The molecule has 0 unspecified atom stereocenters. The normalized spacial score (nSPS) is 9.90. The van der Waals surface area contributed by atoms with Crippen LogP contribution in [0.3, 0.4) is 0 Å². The number of nitrogens with one attached hydrogen (secondary N) is 1. The molecule has 0 atom stereocenters. The maximum absolute atomic E-state index is 11.6. The summed E-state index contributed by atoms with van der Waals surface area (Å²) in [5.74, 6) is 0.197. The van der Waals surface area contributed by atoms with E-state index in [1.165, 1.54) is 20.4 Å². The van der Waals surface area contributed by atoms with Gasteiger partial charge in [-0.2, -0.15) is 5.10 Å². The average Bonchev–Trinajstić information content (AvgIpc) is 2.47. The van der Waals surface area contributed by atoms with Crippen LogP contribution >= 0.6 is 0 Å². The standard InChI is InChI=1S/C13H12N2O5/c1-18-8-4-3-5-9(6-8)20-10-7-14-15-12(16)11(10)13(17)19-2/h3-7H,1-2H3,(H,15,16). The summed E-state index contributed by atoms with van der Waals surface area (Å²) in [6.07, 6.45) is 1.23. The van der Waals surface area contributed by atoms with Crippen LogP contribution in [-0.2, 0) is 4.74 Å². The lowest BCUT2D eigenvalue weighted by Crippen LogP contribution is -2.20. The number of hydrogen-bond donors (Lipinski definition) is 1. The molecule has 2 rings (SSSR count). The molecule has 104 valence electrons. The Morgan fingerprint density at radius 3 is 2.70 bits per heavy atom. The number of aromatic nitrogens is 2. The van der Waals surface area contributed by atoms with E-state index >= 15 is 0 Å². The van der Waals surface area contributed by atoms with E-state index < -0.39 is 11.5 Å². The Morgan fingerprint density at radius 2 is 2.00 bits per heavy atom. The lowest BCUT2D eigenvalue weighted by Gasteiger charge is -2.09. The first-order chi connectivity index (χ1) is 9.65. The zero-order chi connectivity index (χ0) is 14.5. The number of ether oxygens (including phenoxy) is 3. The molecule has 7 nitrogen and oxygen atoms in total. The van der Waals surface area contributed by atoms with Gasteiger partial charge in [-0.05, 0) is 12.1 Å². The number of hydrogen-bond acceptors (Lipinski definition) is 6. The molecule has 1 heterocycles. The van der Waals surface area contributed by atoms with Gasteiger partial charge in [-0.1, -0.05) is 6.07 Å². The van der Waals surface area contributed by atoms with Crippen molar-refractivity contribution >= 4 is 5.97 Å². The van der Waals surface area contributed by atoms with E-state index in [1.807, 2.05) is 0 Å². The number of esters is 1. The van der Waals surface area contributed by atoms with E-state index in [1.54, 1.807) is 24.3 Å². The predicted octanol–water partition coefficient (Wildman–Crippen LogP) is 1.36. The van der Waals surface area contributed by atoms with Gasteiger partial charge in [-0.15, -0.1) is 0 Å². The zero-order valence-electron chi connectivity index (χ0n) is 10.9. The summed E-state index contributed by atoms with van der Waals surface area (Å²) in [6, 6.07) is 6.73. The van der Waals surface area contributed by atoms with Crippen LogP contribution in [0.5, 0.6) is 17.2 Å². The quantitative estimate of drug-likeness (QED) is 0.848. The molecular formula is C13H12N2O5. The van der Waals surface area contributed by atoms with Crippen LogP contribution in [0, 0.1) is 0 Å². The maximum Gasteiger partial charge on any atom is 0.347 e. The third-order valence-corrected chi connectivity index (χ3v) is 2.48. The molecule has 0 aliphatic rings. The van der Waals surface area contributed by atoms with Crippen LogP contribution in [0.2, 0.25) is 0 Å². The Balaban J connectivity index is 2.40. The first-order valence-electron chi connectivity index (χ1n) is 5.63. The highest BCUT2D eigenvalue weighted by Crippen LogP contribution is 2.26. The Morgan fingerprint density at radius 1 is 1.25 bits per heavy atom. The molecule has 0 fully saturated rings. The molecule has 0 spiro atoms. The molecule has 1 aromatic heterocycles. The van der Waals surface area contributed by atoms with E-state index in [9.17, 15) is 9.59 Å². The SMILES string of the molecule is COC(=O)c1c(Oc2cccc(OC)c2)cn[nH]c1=O. The van der Waals surface area contributed by atoms with Crippen LogP contribution in [0.15, 0.2) is 35.3 Å². The van der Waals surface area contributed by atoms with Crippen molar-refractivity contribution in [3.8, 4) is 17.2 Å². The molecule has 2 aromatic rings. The second-order valence-electron chi connectivity index (χ2n) is 3.71. The third-order valence-electron chi connectivity index (χ3n) is 2.48. The molecule has 0 aliphatic carbocycles. The fourth-order valence-corrected chi connectivity index (χ4v) is 1.55. The second kappa shape index (κ2) is 5.87. The Labute approximate surface area is 114 Å². The Bertz CT molecular complexity index is 680. The number of nitrogens with zero attached hydrogens (tertiary/aromatic N) is 1. The van der Waals surface area contributed by atoms with Gasteiger partial charge in [0.05, 0.1) is 20.4 Å². The van der Waals surface area contributed by atoms with E-state index in [0.29, 0.717) is 11.5 Å². The van der Waals surface area contributed by atoms with Gasteiger partial charge in [0.2, 0.25) is 0 Å². The lowest BCUT2D eigenvalue weighted by molar-refractivity contribution is 0.0595. The molecule has 7 heteroatoms.